The second-order valence-corrected chi connectivity index (χ2v) is 2.64. The fraction of sp³-hybridized carbons (Fsp3) is 0.571. The Bertz CT molecular complexity index is 222. The van der Waals surface area contributed by atoms with E-state index in [1.54, 1.807) is 0 Å². The van der Waals surface area contributed by atoms with Crippen molar-refractivity contribution in [1.82, 2.24) is 0 Å². The molecule has 1 heterocycles. The molecule has 3 atom stereocenters. The third-order valence-electron chi connectivity index (χ3n) is 1.68. The van der Waals surface area contributed by atoms with E-state index in [-0.39, 0.29) is 5.76 Å². The summed E-state index contributed by atoms with van der Waals surface area (Å²) in [6.07, 6.45) is -1.95. The van der Waals surface area contributed by atoms with Crippen LogP contribution >= 0.6 is 0 Å². The molecule has 0 aromatic heterocycles. The lowest BCUT2D eigenvalue weighted by atomic mass is 10.1. The van der Waals surface area contributed by atoms with Gasteiger partial charge in [-0.1, -0.05) is 0 Å². The Morgan fingerprint density at radius 2 is 2.17 bits per heavy atom. The van der Waals surface area contributed by atoms with Gasteiger partial charge in [0.1, 0.15) is 18.3 Å². The van der Waals surface area contributed by atoms with Crippen molar-refractivity contribution in [3.05, 3.63) is 11.8 Å². The van der Waals surface area contributed by atoms with E-state index in [2.05, 4.69) is 0 Å². The van der Waals surface area contributed by atoms with E-state index in [0.717, 1.165) is 6.08 Å². The molecule has 0 aliphatic carbocycles. The predicted molar refractivity (Wildman–Crippen MR) is 38.3 cm³/mol. The van der Waals surface area contributed by atoms with Crippen molar-refractivity contribution in [2.75, 3.05) is 0 Å². The summed E-state index contributed by atoms with van der Waals surface area (Å²) < 4.78 is 4.78. The lowest BCUT2D eigenvalue weighted by Gasteiger charge is -2.27. The molecule has 1 aliphatic rings. The molecule has 0 aromatic rings. The smallest absolute Gasteiger partial charge is 0.370 e. The highest BCUT2D eigenvalue weighted by atomic mass is 16.5. The first-order valence-electron chi connectivity index (χ1n) is 3.50. The van der Waals surface area contributed by atoms with Gasteiger partial charge in [-0.15, -0.1) is 0 Å². The minimum atomic E-state index is -1.24. The van der Waals surface area contributed by atoms with Gasteiger partial charge in [-0.25, -0.2) is 4.79 Å². The van der Waals surface area contributed by atoms with Gasteiger partial charge >= 0.3 is 5.97 Å². The van der Waals surface area contributed by atoms with Crippen LogP contribution in [0.3, 0.4) is 0 Å². The maximum absolute atomic E-state index is 10.4. The Balaban J connectivity index is 2.81. The summed E-state index contributed by atoms with van der Waals surface area (Å²) in [6, 6.07) is 0. The highest BCUT2D eigenvalue weighted by Gasteiger charge is 2.31. The van der Waals surface area contributed by atoms with E-state index in [9.17, 15) is 4.79 Å². The normalized spacial score (nSPS) is 35.2. The van der Waals surface area contributed by atoms with Crippen LogP contribution in [0.1, 0.15) is 6.92 Å². The van der Waals surface area contributed by atoms with Gasteiger partial charge in [-0.2, -0.15) is 0 Å². The Morgan fingerprint density at radius 1 is 1.58 bits per heavy atom. The van der Waals surface area contributed by atoms with Crippen LogP contribution in [0.15, 0.2) is 11.8 Å². The highest BCUT2D eigenvalue weighted by Crippen LogP contribution is 2.17. The Labute approximate surface area is 68.9 Å². The van der Waals surface area contributed by atoms with Crippen molar-refractivity contribution in [3.8, 4) is 0 Å². The second kappa shape index (κ2) is 3.12. The summed E-state index contributed by atoms with van der Waals surface area (Å²) in [5.41, 5.74) is 0. The second-order valence-electron chi connectivity index (χ2n) is 2.64. The molecule has 1 rings (SSSR count). The average molecular weight is 174 g/mol. The van der Waals surface area contributed by atoms with Gasteiger partial charge in [0.15, 0.2) is 0 Å². The summed E-state index contributed by atoms with van der Waals surface area (Å²) >= 11 is 0. The van der Waals surface area contributed by atoms with Gasteiger partial charge in [-0.3, -0.25) is 0 Å². The van der Waals surface area contributed by atoms with Gasteiger partial charge in [0, 0.05) is 0 Å². The number of carboxylic acids is 1. The Kier molecular flexibility index (Phi) is 2.35. The molecule has 5 heteroatoms. The summed E-state index contributed by atoms with van der Waals surface area (Å²) in [7, 11) is 0. The largest absolute Gasteiger partial charge is 0.481 e. The summed E-state index contributed by atoms with van der Waals surface area (Å²) in [5, 5.41) is 26.7. The zero-order valence-electron chi connectivity index (χ0n) is 6.47. The van der Waals surface area contributed by atoms with Crippen molar-refractivity contribution < 1.29 is 24.9 Å². The molecular weight excluding hydrogens is 164 g/mol. The molecule has 0 aromatic carbocycles. The first kappa shape index (κ1) is 9.02. The van der Waals surface area contributed by atoms with Crippen molar-refractivity contribution in [2.24, 2.45) is 0 Å². The van der Waals surface area contributed by atoms with Gasteiger partial charge in [0.25, 0.3) is 0 Å². The molecule has 0 saturated heterocycles. The molecule has 0 spiro atoms. The molecule has 1 aliphatic heterocycles. The zero-order chi connectivity index (χ0) is 9.30. The molecule has 68 valence electrons. The summed E-state index contributed by atoms with van der Waals surface area (Å²) in [4.78, 5) is 10.4. The molecule has 0 fully saturated rings. The number of aliphatic hydroxyl groups is 2. The third-order valence-corrected chi connectivity index (χ3v) is 1.68. The number of ether oxygens (including phenoxy) is 1. The van der Waals surface area contributed by atoms with Gasteiger partial charge in [0.05, 0.1) is 0 Å². The summed E-state index contributed by atoms with van der Waals surface area (Å²) in [6.45, 7) is 1.49. The maximum atomic E-state index is 10.4. The molecule has 0 bridgehead atoms. The third kappa shape index (κ3) is 1.57. The van der Waals surface area contributed by atoms with Crippen LogP contribution < -0.4 is 0 Å². The van der Waals surface area contributed by atoms with E-state index in [4.69, 9.17) is 20.1 Å². The monoisotopic (exact) mass is 174 g/mol. The number of carbonyl (C=O) groups is 1. The molecule has 0 amide bonds. The number of aliphatic hydroxyl groups excluding tert-OH is 2. The highest BCUT2D eigenvalue weighted by molar-refractivity contribution is 5.84. The number of carboxylic acid groups (broad SMARTS) is 1. The topological polar surface area (TPSA) is 87.0 Å². The van der Waals surface area contributed by atoms with Crippen molar-refractivity contribution in [2.45, 2.75) is 25.2 Å². The standard InChI is InChI=1S/C7H10O5/c1-3-6(9)4(8)2-5(12-3)7(10)11/h2-4,6,8-9H,1H3,(H,10,11)/t3-,4-,6?/m0/s1. The van der Waals surface area contributed by atoms with E-state index in [0.29, 0.717) is 0 Å². The number of hydrogen-bond donors (Lipinski definition) is 3. The minimum absolute atomic E-state index is 0.319. The van der Waals surface area contributed by atoms with Crippen LogP contribution in [-0.2, 0) is 9.53 Å². The Hall–Kier alpha value is -1.07. The average Bonchev–Trinajstić information content (AvgIpc) is 1.99. The first-order chi connectivity index (χ1) is 5.52. The molecule has 1 unspecified atom stereocenters. The quantitative estimate of drug-likeness (QED) is 0.479. The molecule has 5 nitrogen and oxygen atoms in total. The number of rotatable bonds is 1. The van der Waals surface area contributed by atoms with Crippen LogP contribution in [0.25, 0.3) is 0 Å². The SMILES string of the molecule is C[C@@H]1OC(C(=O)O)=C[C@H](O)C1O. The van der Waals surface area contributed by atoms with Crippen LogP contribution in [0, 0.1) is 0 Å². The summed E-state index contributed by atoms with van der Waals surface area (Å²) in [5.74, 6) is -1.56. The van der Waals surface area contributed by atoms with Gasteiger partial charge < -0.3 is 20.1 Å². The number of hydrogen-bond acceptors (Lipinski definition) is 4. The fourth-order valence-corrected chi connectivity index (χ4v) is 0.962. The van der Waals surface area contributed by atoms with E-state index in [1.807, 2.05) is 0 Å². The first-order valence-corrected chi connectivity index (χ1v) is 3.50. The van der Waals surface area contributed by atoms with E-state index < -0.39 is 24.3 Å². The van der Waals surface area contributed by atoms with E-state index >= 15 is 0 Å². The Morgan fingerprint density at radius 3 is 2.58 bits per heavy atom. The van der Waals surface area contributed by atoms with Crippen LogP contribution in [0.5, 0.6) is 0 Å². The number of aliphatic carboxylic acids is 1. The molecular formula is C7H10O5. The fourth-order valence-electron chi connectivity index (χ4n) is 0.962. The van der Waals surface area contributed by atoms with Gasteiger partial charge in [-0.05, 0) is 13.0 Å². The van der Waals surface area contributed by atoms with Crippen LogP contribution in [0.2, 0.25) is 0 Å². The van der Waals surface area contributed by atoms with E-state index in [1.165, 1.54) is 6.92 Å². The van der Waals surface area contributed by atoms with Gasteiger partial charge in [0.2, 0.25) is 5.76 Å². The van der Waals surface area contributed by atoms with Crippen molar-refractivity contribution in [3.63, 3.8) is 0 Å². The van der Waals surface area contributed by atoms with Crippen molar-refractivity contribution in [1.29, 1.82) is 0 Å². The van der Waals surface area contributed by atoms with Crippen LogP contribution in [0.4, 0.5) is 0 Å². The van der Waals surface area contributed by atoms with Crippen LogP contribution in [-0.4, -0.2) is 39.6 Å². The lowest BCUT2D eigenvalue weighted by Crippen LogP contribution is -2.40. The lowest BCUT2D eigenvalue weighted by molar-refractivity contribution is -0.142. The molecule has 0 radical (unpaired) electrons. The molecule has 3 N–H and O–H groups in total. The van der Waals surface area contributed by atoms with Crippen molar-refractivity contribution >= 4 is 5.97 Å². The molecule has 12 heavy (non-hydrogen) atoms. The zero-order valence-corrected chi connectivity index (χ0v) is 6.47. The predicted octanol–water partition coefficient (Wildman–Crippen LogP) is -0.905. The minimum Gasteiger partial charge on any atom is -0.481 e. The molecule has 0 saturated carbocycles. The maximum Gasteiger partial charge on any atom is 0.370 e.